The zero-order valence-corrected chi connectivity index (χ0v) is 8.42. The third kappa shape index (κ3) is 4.68. The van der Waals surface area contributed by atoms with E-state index in [1.807, 2.05) is 0 Å². The van der Waals surface area contributed by atoms with E-state index in [-0.39, 0.29) is 0 Å². The van der Waals surface area contributed by atoms with E-state index in [4.69, 9.17) is 4.42 Å². The highest BCUT2D eigenvalue weighted by Crippen LogP contribution is 2.02. The largest absolute Gasteiger partial charge is 0.447 e. The first-order valence-electron chi connectivity index (χ1n) is 4.87. The maximum absolute atomic E-state index is 5.09. The number of nitrogens with one attached hydrogen (secondary N) is 1. The molecule has 1 aromatic rings. The highest BCUT2D eigenvalue weighted by Gasteiger charge is 1.96. The Hall–Kier alpha value is -0.830. The minimum atomic E-state index is 0.790. The number of rotatable bonds is 6. The van der Waals surface area contributed by atoms with Crippen LogP contribution < -0.4 is 5.32 Å². The lowest BCUT2D eigenvalue weighted by Gasteiger charge is -2.04. The molecule has 13 heavy (non-hydrogen) atoms. The number of nitrogens with zero attached hydrogens (tertiary/aromatic N) is 1. The van der Waals surface area contributed by atoms with E-state index < -0.39 is 0 Å². The molecule has 0 spiro atoms. The molecule has 3 nitrogen and oxygen atoms in total. The van der Waals surface area contributed by atoms with Crippen molar-refractivity contribution < 1.29 is 4.42 Å². The second kappa shape index (κ2) is 5.75. The number of hydrogen-bond donors (Lipinski definition) is 1. The van der Waals surface area contributed by atoms with Crippen molar-refractivity contribution in [3.05, 3.63) is 18.4 Å². The molecule has 0 aliphatic rings. The van der Waals surface area contributed by atoms with Crippen LogP contribution in [0.25, 0.3) is 0 Å². The Morgan fingerprint density at radius 3 is 3.00 bits per heavy atom. The van der Waals surface area contributed by atoms with E-state index in [1.165, 1.54) is 19.2 Å². The first-order chi connectivity index (χ1) is 6.29. The fraction of sp³-hybridized carbons (Fsp3) is 0.700. The van der Waals surface area contributed by atoms with Gasteiger partial charge in [0.2, 0.25) is 0 Å². The van der Waals surface area contributed by atoms with E-state index in [0.29, 0.717) is 0 Å². The number of hydrogen-bond acceptors (Lipinski definition) is 3. The molecule has 0 fully saturated rings. The minimum Gasteiger partial charge on any atom is -0.447 e. The summed E-state index contributed by atoms with van der Waals surface area (Å²) in [5, 5.41) is 3.31. The van der Waals surface area contributed by atoms with Gasteiger partial charge in [-0.2, -0.15) is 0 Å². The van der Waals surface area contributed by atoms with Crippen LogP contribution in [0.5, 0.6) is 0 Å². The summed E-state index contributed by atoms with van der Waals surface area (Å²) in [5.74, 6) is 1.71. The molecule has 0 saturated heterocycles. The summed E-state index contributed by atoms with van der Waals surface area (Å²) >= 11 is 0. The average molecular weight is 182 g/mol. The van der Waals surface area contributed by atoms with Crippen LogP contribution in [0.4, 0.5) is 0 Å². The molecule has 1 rings (SSSR count). The van der Waals surface area contributed by atoms with E-state index in [0.717, 1.165) is 24.8 Å². The Labute approximate surface area is 79.5 Å². The molecule has 0 atom stereocenters. The number of oxazole rings is 1. The minimum absolute atomic E-state index is 0.790. The van der Waals surface area contributed by atoms with Crippen LogP contribution in [0.2, 0.25) is 0 Å². The predicted molar refractivity (Wildman–Crippen MR) is 52.3 cm³/mol. The van der Waals surface area contributed by atoms with Gasteiger partial charge in [-0.3, -0.25) is 0 Å². The molecule has 0 radical (unpaired) electrons. The zero-order valence-electron chi connectivity index (χ0n) is 8.42. The van der Waals surface area contributed by atoms with E-state index in [2.05, 4.69) is 24.1 Å². The summed E-state index contributed by atoms with van der Waals surface area (Å²) in [7, 11) is 0. The Bertz CT molecular complexity index is 207. The average Bonchev–Trinajstić information content (AvgIpc) is 2.55. The van der Waals surface area contributed by atoms with Crippen LogP contribution >= 0.6 is 0 Å². The van der Waals surface area contributed by atoms with Crippen LogP contribution in [-0.4, -0.2) is 11.5 Å². The quantitative estimate of drug-likeness (QED) is 0.685. The van der Waals surface area contributed by atoms with Gasteiger partial charge in [-0.1, -0.05) is 13.8 Å². The molecule has 0 saturated carbocycles. The predicted octanol–water partition coefficient (Wildman–Crippen LogP) is 2.20. The lowest BCUT2D eigenvalue weighted by atomic mass is 10.1. The van der Waals surface area contributed by atoms with Crippen molar-refractivity contribution in [3.8, 4) is 0 Å². The maximum atomic E-state index is 5.09. The van der Waals surface area contributed by atoms with Gasteiger partial charge in [0.25, 0.3) is 0 Å². The Morgan fingerprint density at radius 1 is 1.54 bits per heavy atom. The van der Waals surface area contributed by atoms with Gasteiger partial charge < -0.3 is 9.73 Å². The first-order valence-corrected chi connectivity index (χ1v) is 4.87. The highest BCUT2D eigenvalue weighted by molar-refractivity contribution is 4.86. The van der Waals surface area contributed by atoms with Crippen LogP contribution in [0.15, 0.2) is 17.0 Å². The molecule has 0 amide bonds. The van der Waals surface area contributed by atoms with Crippen molar-refractivity contribution in [1.82, 2.24) is 10.3 Å². The molecular formula is C10H18N2O. The molecule has 0 aliphatic carbocycles. The lowest BCUT2D eigenvalue weighted by molar-refractivity contribution is 0.466. The fourth-order valence-electron chi connectivity index (χ4n) is 1.18. The van der Waals surface area contributed by atoms with Crippen molar-refractivity contribution in [2.45, 2.75) is 33.2 Å². The third-order valence-electron chi connectivity index (χ3n) is 1.92. The summed E-state index contributed by atoms with van der Waals surface area (Å²) in [6.45, 7) is 6.34. The number of aromatic nitrogens is 1. The van der Waals surface area contributed by atoms with E-state index in [9.17, 15) is 0 Å². The summed E-state index contributed by atoms with van der Waals surface area (Å²) < 4.78 is 5.09. The van der Waals surface area contributed by atoms with E-state index >= 15 is 0 Å². The highest BCUT2D eigenvalue weighted by atomic mass is 16.3. The second-order valence-electron chi connectivity index (χ2n) is 3.68. The Balaban J connectivity index is 1.96. The Kier molecular flexibility index (Phi) is 4.54. The first kappa shape index (κ1) is 10.3. The molecule has 0 bridgehead atoms. The van der Waals surface area contributed by atoms with Gasteiger partial charge in [0.1, 0.15) is 5.76 Å². The van der Waals surface area contributed by atoms with Gasteiger partial charge in [-0.15, -0.1) is 0 Å². The van der Waals surface area contributed by atoms with Crippen molar-refractivity contribution in [2.75, 3.05) is 6.54 Å². The summed E-state index contributed by atoms with van der Waals surface area (Å²) in [6, 6.07) is 0. The van der Waals surface area contributed by atoms with Gasteiger partial charge in [-0.25, -0.2) is 4.98 Å². The molecule has 0 aromatic carbocycles. The molecule has 74 valence electrons. The van der Waals surface area contributed by atoms with Gasteiger partial charge in [0, 0.05) is 0 Å². The normalized spacial score (nSPS) is 11.0. The van der Waals surface area contributed by atoms with Gasteiger partial charge >= 0.3 is 0 Å². The zero-order chi connectivity index (χ0) is 9.52. The molecule has 1 N–H and O–H groups in total. The van der Waals surface area contributed by atoms with E-state index in [1.54, 1.807) is 6.20 Å². The van der Waals surface area contributed by atoms with Crippen LogP contribution in [0, 0.1) is 5.92 Å². The van der Waals surface area contributed by atoms with Crippen LogP contribution in [0.3, 0.4) is 0 Å². The van der Waals surface area contributed by atoms with Crippen LogP contribution in [-0.2, 0) is 6.54 Å². The summed E-state index contributed by atoms with van der Waals surface area (Å²) in [5.41, 5.74) is 0. The lowest BCUT2D eigenvalue weighted by Crippen LogP contribution is -2.14. The van der Waals surface area contributed by atoms with Crippen molar-refractivity contribution in [3.63, 3.8) is 0 Å². The SMILES string of the molecule is CC(C)CCCNCc1cnco1. The smallest absolute Gasteiger partial charge is 0.180 e. The summed E-state index contributed by atoms with van der Waals surface area (Å²) in [6.07, 6.45) is 5.72. The third-order valence-corrected chi connectivity index (χ3v) is 1.92. The summed E-state index contributed by atoms with van der Waals surface area (Å²) in [4.78, 5) is 3.84. The van der Waals surface area contributed by atoms with Gasteiger partial charge in [-0.05, 0) is 25.3 Å². The molecule has 1 aromatic heterocycles. The fourth-order valence-corrected chi connectivity index (χ4v) is 1.18. The van der Waals surface area contributed by atoms with Gasteiger partial charge in [0.15, 0.2) is 6.39 Å². The maximum Gasteiger partial charge on any atom is 0.180 e. The van der Waals surface area contributed by atoms with Crippen molar-refractivity contribution in [1.29, 1.82) is 0 Å². The molecule has 0 aliphatic heterocycles. The Morgan fingerprint density at radius 2 is 2.38 bits per heavy atom. The molecule has 3 heteroatoms. The molecule has 1 heterocycles. The standard InChI is InChI=1S/C10H18N2O/c1-9(2)4-3-5-11-6-10-7-12-8-13-10/h7-9,11H,3-6H2,1-2H3. The van der Waals surface area contributed by atoms with Gasteiger partial charge in [0.05, 0.1) is 12.7 Å². The topological polar surface area (TPSA) is 38.1 Å². The van der Waals surface area contributed by atoms with Crippen molar-refractivity contribution in [2.24, 2.45) is 5.92 Å². The molecular weight excluding hydrogens is 164 g/mol. The molecule has 0 unspecified atom stereocenters. The second-order valence-corrected chi connectivity index (χ2v) is 3.68. The van der Waals surface area contributed by atoms with Crippen molar-refractivity contribution >= 4 is 0 Å². The monoisotopic (exact) mass is 182 g/mol. The van der Waals surface area contributed by atoms with Crippen LogP contribution in [0.1, 0.15) is 32.4 Å².